The van der Waals surface area contributed by atoms with Crippen molar-refractivity contribution in [3.63, 3.8) is 0 Å². The SMILES string of the molecule is C=CCC(c1ccccc1)C(C#N)(C#N)Cc1ccccc1. The fraction of sp³-hybridized carbons (Fsp3) is 0.200. The van der Waals surface area contributed by atoms with E-state index in [2.05, 4.69) is 18.7 Å². The molecule has 0 aliphatic heterocycles. The third-order valence-corrected chi connectivity index (χ3v) is 3.92. The molecule has 2 rings (SSSR count). The maximum absolute atomic E-state index is 9.79. The van der Waals surface area contributed by atoms with Crippen LogP contribution in [0.1, 0.15) is 23.5 Å². The van der Waals surface area contributed by atoms with Crippen LogP contribution in [-0.4, -0.2) is 0 Å². The van der Waals surface area contributed by atoms with Crippen LogP contribution in [-0.2, 0) is 6.42 Å². The number of allylic oxidation sites excluding steroid dienone is 1. The minimum atomic E-state index is -1.10. The molecule has 1 unspecified atom stereocenters. The van der Waals surface area contributed by atoms with Crippen molar-refractivity contribution in [2.45, 2.75) is 18.8 Å². The summed E-state index contributed by atoms with van der Waals surface area (Å²) in [7, 11) is 0. The first-order valence-electron chi connectivity index (χ1n) is 7.28. The molecule has 0 saturated heterocycles. The van der Waals surface area contributed by atoms with Crippen LogP contribution in [0.2, 0.25) is 0 Å². The highest BCUT2D eigenvalue weighted by atomic mass is 14.5. The topological polar surface area (TPSA) is 47.6 Å². The largest absolute Gasteiger partial charge is 0.197 e. The van der Waals surface area contributed by atoms with E-state index < -0.39 is 5.41 Å². The van der Waals surface area contributed by atoms with Crippen molar-refractivity contribution in [2.75, 3.05) is 0 Å². The van der Waals surface area contributed by atoms with Crippen LogP contribution in [0.4, 0.5) is 0 Å². The Hall–Kier alpha value is -2.84. The van der Waals surface area contributed by atoms with E-state index in [1.165, 1.54) is 0 Å². The van der Waals surface area contributed by atoms with Gasteiger partial charge < -0.3 is 0 Å². The van der Waals surface area contributed by atoms with Gasteiger partial charge in [0.1, 0.15) is 0 Å². The first-order chi connectivity index (χ1) is 10.8. The molecule has 0 heterocycles. The van der Waals surface area contributed by atoms with Crippen LogP contribution < -0.4 is 0 Å². The van der Waals surface area contributed by atoms with Gasteiger partial charge in [-0.15, -0.1) is 6.58 Å². The molecule has 0 radical (unpaired) electrons. The molecule has 0 spiro atoms. The molecular formula is C20H18N2. The molecule has 0 amide bonds. The van der Waals surface area contributed by atoms with Gasteiger partial charge in [0.15, 0.2) is 5.41 Å². The first kappa shape index (κ1) is 15.5. The van der Waals surface area contributed by atoms with Gasteiger partial charge in [0.2, 0.25) is 0 Å². The molecule has 0 saturated carbocycles. The second-order valence-electron chi connectivity index (χ2n) is 5.34. The molecular weight excluding hydrogens is 268 g/mol. The van der Waals surface area contributed by atoms with E-state index in [9.17, 15) is 10.5 Å². The normalized spacial score (nSPS) is 11.9. The summed E-state index contributed by atoms with van der Waals surface area (Å²) in [5, 5.41) is 19.6. The Kier molecular flexibility index (Phi) is 5.12. The maximum atomic E-state index is 9.79. The summed E-state index contributed by atoms with van der Waals surface area (Å²) >= 11 is 0. The molecule has 0 aromatic heterocycles. The molecule has 2 heteroatoms. The summed E-state index contributed by atoms with van der Waals surface area (Å²) in [4.78, 5) is 0. The van der Waals surface area contributed by atoms with Gasteiger partial charge in [-0.2, -0.15) is 10.5 Å². The van der Waals surface area contributed by atoms with Gasteiger partial charge in [-0.25, -0.2) is 0 Å². The zero-order chi connectivity index (χ0) is 15.8. The van der Waals surface area contributed by atoms with Crippen molar-refractivity contribution >= 4 is 0 Å². The highest BCUT2D eigenvalue weighted by Gasteiger charge is 2.40. The van der Waals surface area contributed by atoms with E-state index in [-0.39, 0.29) is 5.92 Å². The lowest BCUT2D eigenvalue weighted by Gasteiger charge is -2.29. The van der Waals surface area contributed by atoms with Gasteiger partial charge in [0.25, 0.3) is 0 Å². The molecule has 108 valence electrons. The van der Waals surface area contributed by atoms with E-state index in [0.717, 1.165) is 11.1 Å². The Morgan fingerprint density at radius 2 is 1.50 bits per heavy atom. The van der Waals surface area contributed by atoms with Crippen molar-refractivity contribution in [3.8, 4) is 12.1 Å². The second-order valence-corrected chi connectivity index (χ2v) is 5.34. The zero-order valence-electron chi connectivity index (χ0n) is 12.4. The minimum absolute atomic E-state index is 0.193. The number of hydrogen-bond donors (Lipinski definition) is 0. The molecule has 0 fully saturated rings. The van der Waals surface area contributed by atoms with Crippen LogP contribution in [0.25, 0.3) is 0 Å². The highest BCUT2D eigenvalue weighted by Crippen LogP contribution is 2.40. The first-order valence-corrected chi connectivity index (χ1v) is 7.28. The van der Waals surface area contributed by atoms with Crippen molar-refractivity contribution in [2.24, 2.45) is 5.41 Å². The lowest BCUT2D eigenvalue weighted by molar-refractivity contribution is 0.408. The number of rotatable bonds is 6. The predicted molar refractivity (Wildman–Crippen MR) is 87.8 cm³/mol. The van der Waals surface area contributed by atoms with Crippen molar-refractivity contribution in [1.29, 1.82) is 10.5 Å². The Balaban J connectivity index is 2.45. The summed E-state index contributed by atoms with van der Waals surface area (Å²) in [5.41, 5.74) is 0.897. The fourth-order valence-corrected chi connectivity index (χ4v) is 2.77. The molecule has 22 heavy (non-hydrogen) atoms. The van der Waals surface area contributed by atoms with Crippen LogP contribution in [0.3, 0.4) is 0 Å². The molecule has 2 aromatic carbocycles. The Bertz CT molecular complexity index is 676. The second kappa shape index (κ2) is 7.25. The molecule has 0 N–H and O–H groups in total. The number of nitriles is 2. The summed E-state index contributed by atoms with van der Waals surface area (Å²) in [6, 6.07) is 24.0. The number of hydrogen-bond acceptors (Lipinski definition) is 2. The summed E-state index contributed by atoms with van der Waals surface area (Å²) in [6.07, 6.45) is 2.79. The number of benzene rings is 2. The van der Waals surface area contributed by atoms with Crippen LogP contribution in [0, 0.1) is 28.1 Å². The number of nitrogens with zero attached hydrogens (tertiary/aromatic N) is 2. The van der Waals surface area contributed by atoms with Crippen LogP contribution in [0.15, 0.2) is 73.3 Å². The average molecular weight is 286 g/mol. The van der Waals surface area contributed by atoms with Crippen LogP contribution >= 0.6 is 0 Å². The van der Waals surface area contributed by atoms with Crippen molar-refractivity contribution < 1.29 is 0 Å². The standard InChI is InChI=1S/C20H18N2/c1-2-9-19(18-12-7-4-8-13-18)20(15-21,16-22)14-17-10-5-3-6-11-17/h2-8,10-13,19H,1,9,14H2. The summed E-state index contributed by atoms with van der Waals surface area (Å²) in [5.74, 6) is -0.193. The highest BCUT2D eigenvalue weighted by molar-refractivity contribution is 5.34. The lowest BCUT2D eigenvalue weighted by atomic mass is 9.69. The van der Waals surface area contributed by atoms with Gasteiger partial charge in [-0.3, -0.25) is 0 Å². The van der Waals surface area contributed by atoms with E-state index in [0.29, 0.717) is 12.8 Å². The molecule has 1 atom stereocenters. The molecule has 2 nitrogen and oxygen atoms in total. The van der Waals surface area contributed by atoms with Crippen molar-refractivity contribution in [3.05, 3.63) is 84.4 Å². The molecule has 0 bridgehead atoms. The van der Waals surface area contributed by atoms with Gasteiger partial charge in [0.05, 0.1) is 12.1 Å². The Labute approximate surface area is 132 Å². The smallest absolute Gasteiger partial charge is 0.154 e. The summed E-state index contributed by atoms with van der Waals surface area (Å²) in [6.45, 7) is 3.80. The van der Waals surface area contributed by atoms with Crippen molar-refractivity contribution in [1.82, 2.24) is 0 Å². The molecule has 2 aromatic rings. The van der Waals surface area contributed by atoms with E-state index in [1.807, 2.05) is 60.7 Å². The van der Waals surface area contributed by atoms with Gasteiger partial charge >= 0.3 is 0 Å². The van der Waals surface area contributed by atoms with E-state index in [1.54, 1.807) is 6.08 Å². The lowest BCUT2D eigenvalue weighted by Crippen LogP contribution is -2.28. The Morgan fingerprint density at radius 1 is 0.955 bits per heavy atom. The fourth-order valence-electron chi connectivity index (χ4n) is 2.77. The maximum Gasteiger partial charge on any atom is 0.154 e. The zero-order valence-corrected chi connectivity index (χ0v) is 12.4. The minimum Gasteiger partial charge on any atom is -0.197 e. The monoisotopic (exact) mass is 286 g/mol. The third kappa shape index (κ3) is 3.25. The molecule has 0 aliphatic carbocycles. The average Bonchev–Trinajstić information content (AvgIpc) is 2.60. The summed E-state index contributed by atoms with van der Waals surface area (Å²) < 4.78 is 0. The van der Waals surface area contributed by atoms with Gasteiger partial charge in [-0.1, -0.05) is 66.7 Å². The van der Waals surface area contributed by atoms with Gasteiger partial charge in [-0.05, 0) is 17.5 Å². The quantitative estimate of drug-likeness (QED) is 0.727. The predicted octanol–water partition coefficient (Wildman–Crippen LogP) is 4.62. The van der Waals surface area contributed by atoms with E-state index in [4.69, 9.17) is 0 Å². The van der Waals surface area contributed by atoms with E-state index >= 15 is 0 Å². The molecule has 0 aliphatic rings. The third-order valence-electron chi connectivity index (χ3n) is 3.92. The van der Waals surface area contributed by atoms with Gasteiger partial charge in [0, 0.05) is 12.3 Å². The van der Waals surface area contributed by atoms with Crippen LogP contribution in [0.5, 0.6) is 0 Å². The Morgan fingerprint density at radius 3 is 2.00 bits per heavy atom.